The van der Waals surface area contributed by atoms with Crippen LogP contribution in [0.5, 0.6) is 0 Å². The minimum Gasteiger partial charge on any atom is -0.362 e. The van der Waals surface area contributed by atoms with Crippen LogP contribution in [0.1, 0.15) is 17.5 Å². The Kier molecular flexibility index (Phi) is 3.29. The van der Waals surface area contributed by atoms with Gasteiger partial charge in [0.2, 0.25) is 5.91 Å². The van der Waals surface area contributed by atoms with Crippen LogP contribution in [0, 0.1) is 6.92 Å². The first kappa shape index (κ1) is 12.6. The number of nitrogens with one attached hydrogen (secondary N) is 1. The fourth-order valence-electron chi connectivity index (χ4n) is 2.94. The SMILES string of the molecule is Cc1cccc(CN2CC3(CCNC3)OCC2=O)c1. The van der Waals surface area contributed by atoms with Crippen molar-refractivity contribution in [1.82, 2.24) is 10.2 Å². The second-order valence-electron chi connectivity index (χ2n) is 5.64. The number of hydrogen-bond acceptors (Lipinski definition) is 3. The van der Waals surface area contributed by atoms with Crippen LogP contribution >= 0.6 is 0 Å². The number of rotatable bonds is 2. The molecule has 2 saturated heterocycles. The lowest BCUT2D eigenvalue weighted by Gasteiger charge is -2.39. The summed E-state index contributed by atoms with van der Waals surface area (Å²) in [5.41, 5.74) is 2.27. The van der Waals surface area contributed by atoms with Gasteiger partial charge < -0.3 is 15.0 Å². The molecular weight excluding hydrogens is 240 g/mol. The fourth-order valence-corrected chi connectivity index (χ4v) is 2.94. The third kappa shape index (κ3) is 2.65. The summed E-state index contributed by atoms with van der Waals surface area (Å²) in [5.74, 6) is 0.0963. The largest absolute Gasteiger partial charge is 0.362 e. The zero-order valence-corrected chi connectivity index (χ0v) is 11.3. The Balaban J connectivity index is 1.73. The first-order valence-corrected chi connectivity index (χ1v) is 6.85. The Labute approximate surface area is 113 Å². The van der Waals surface area contributed by atoms with E-state index >= 15 is 0 Å². The molecular formula is C15H20N2O2. The number of benzene rings is 1. The maximum absolute atomic E-state index is 12.0. The normalized spacial score (nSPS) is 27.2. The lowest BCUT2D eigenvalue weighted by atomic mass is 10.00. The minimum atomic E-state index is -0.155. The van der Waals surface area contributed by atoms with Gasteiger partial charge in [0, 0.05) is 13.1 Å². The van der Waals surface area contributed by atoms with Gasteiger partial charge in [-0.15, -0.1) is 0 Å². The highest BCUT2D eigenvalue weighted by atomic mass is 16.5. The molecule has 4 nitrogen and oxygen atoms in total. The van der Waals surface area contributed by atoms with E-state index in [1.807, 2.05) is 11.0 Å². The van der Waals surface area contributed by atoms with Crippen LogP contribution in [-0.2, 0) is 16.1 Å². The van der Waals surface area contributed by atoms with Crippen LogP contribution in [0.3, 0.4) is 0 Å². The summed E-state index contributed by atoms with van der Waals surface area (Å²) >= 11 is 0. The Bertz CT molecular complexity index is 481. The van der Waals surface area contributed by atoms with E-state index in [1.54, 1.807) is 0 Å². The predicted molar refractivity (Wildman–Crippen MR) is 72.8 cm³/mol. The summed E-state index contributed by atoms with van der Waals surface area (Å²) in [7, 11) is 0. The third-order valence-corrected chi connectivity index (χ3v) is 3.99. The van der Waals surface area contributed by atoms with Crippen molar-refractivity contribution in [2.75, 3.05) is 26.2 Å². The van der Waals surface area contributed by atoms with E-state index in [0.717, 1.165) is 19.5 Å². The molecule has 2 aliphatic rings. The van der Waals surface area contributed by atoms with Gasteiger partial charge in [-0.1, -0.05) is 29.8 Å². The van der Waals surface area contributed by atoms with Crippen LogP contribution in [0.15, 0.2) is 24.3 Å². The molecule has 1 amide bonds. The predicted octanol–water partition coefficient (Wildman–Crippen LogP) is 1.09. The molecule has 1 aromatic rings. The average Bonchev–Trinajstić information content (AvgIpc) is 2.83. The van der Waals surface area contributed by atoms with Gasteiger partial charge in [0.25, 0.3) is 0 Å². The summed E-state index contributed by atoms with van der Waals surface area (Å²) in [4.78, 5) is 13.9. The maximum Gasteiger partial charge on any atom is 0.249 e. The first-order valence-electron chi connectivity index (χ1n) is 6.85. The van der Waals surface area contributed by atoms with Gasteiger partial charge in [0.15, 0.2) is 0 Å². The van der Waals surface area contributed by atoms with Crippen molar-refractivity contribution in [3.63, 3.8) is 0 Å². The van der Waals surface area contributed by atoms with Gasteiger partial charge in [-0.25, -0.2) is 0 Å². The van der Waals surface area contributed by atoms with Crippen LogP contribution in [0.4, 0.5) is 0 Å². The second kappa shape index (κ2) is 4.94. The number of morpholine rings is 1. The van der Waals surface area contributed by atoms with Gasteiger partial charge >= 0.3 is 0 Å². The van der Waals surface area contributed by atoms with Gasteiger partial charge in [0.05, 0.1) is 12.1 Å². The Hall–Kier alpha value is -1.39. The quantitative estimate of drug-likeness (QED) is 0.865. The molecule has 1 spiro atoms. The minimum absolute atomic E-state index is 0.0963. The van der Waals surface area contributed by atoms with Gasteiger partial charge in [-0.3, -0.25) is 4.79 Å². The van der Waals surface area contributed by atoms with E-state index in [4.69, 9.17) is 4.74 Å². The van der Waals surface area contributed by atoms with Crippen molar-refractivity contribution in [2.24, 2.45) is 0 Å². The highest BCUT2D eigenvalue weighted by Crippen LogP contribution is 2.26. The maximum atomic E-state index is 12.0. The summed E-state index contributed by atoms with van der Waals surface area (Å²) in [6, 6.07) is 8.34. The molecule has 0 bridgehead atoms. The Morgan fingerprint density at radius 2 is 2.37 bits per heavy atom. The molecule has 4 heteroatoms. The number of carbonyl (C=O) groups is 1. The molecule has 1 unspecified atom stereocenters. The number of amides is 1. The molecule has 2 heterocycles. The highest BCUT2D eigenvalue weighted by Gasteiger charge is 2.41. The first-order chi connectivity index (χ1) is 9.17. The monoisotopic (exact) mass is 260 g/mol. The van der Waals surface area contributed by atoms with Gasteiger partial charge in [0.1, 0.15) is 6.61 Å². The lowest BCUT2D eigenvalue weighted by molar-refractivity contribution is -0.161. The van der Waals surface area contributed by atoms with E-state index < -0.39 is 0 Å². The van der Waals surface area contributed by atoms with Gasteiger partial charge in [-0.05, 0) is 25.5 Å². The average molecular weight is 260 g/mol. The van der Waals surface area contributed by atoms with Crippen molar-refractivity contribution < 1.29 is 9.53 Å². The third-order valence-electron chi connectivity index (χ3n) is 3.99. The van der Waals surface area contributed by atoms with Crippen molar-refractivity contribution >= 4 is 5.91 Å². The lowest BCUT2D eigenvalue weighted by Crippen LogP contribution is -2.55. The van der Waals surface area contributed by atoms with E-state index in [-0.39, 0.29) is 18.1 Å². The smallest absolute Gasteiger partial charge is 0.249 e. The number of carbonyl (C=O) groups excluding carboxylic acids is 1. The van der Waals surface area contributed by atoms with Crippen LogP contribution in [-0.4, -0.2) is 42.6 Å². The van der Waals surface area contributed by atoms with Gasteiger partial charge in [-0.2, -0.15) is 0 Å². The molecule has 0 aromatic heterocycles. The number of ether oxygens (including phenoxy) is 1. The molecule has 0 saturated carbocycles. The molecule has 0 aliphatic carbocycles. The molecule has 19 heavy (non-hydrogen) atoms. The zero-order valence-electron chi connectivity index (χ0n) is 11.3. The molecule has 2 aliphatic heterocycles. The van der Waals surface area contributed by atoms with E-state index in [1.165, 1.54) is 11.1 Å². The molecule has 3 rings (SSSR count). The van der Waals surface area contributed by atoms with Crippen molar-refractivity contribution in [3.8, 4) is 0 Å². The van der Waals surface area contributed by atoms with Crippen molar-refractivity contribution in [3.05, 3.63) is 35.4 Å². The molecule has 1 N–H and O–H groups in total. The Morgan fingerprint density at radius 3 is 3.11 bits per heavy atom. The Morgan fingerprint density at radius 1 is 1.47 bits per heavy atom. The second-order valence-corrected chi connectivity index (χ2v) is 5.64. The summed E-state index contributed by atoms with van der Waals surface area (Å²) in [5, 5.41) is 3.33. The number of hydrogen-bond donors (Lipinski definition) is 1. The summed E-state index contributed by atoms with van der Waals surface area (Å²) in [6.07, 6.45) is 0.991. The van der Waals surface area contributed by atoms with Crippen molar-refractivity contribution in [1.29, 1.82) is 0 Å². The van der Waals surface area contributed by atoms with E-state index in [2.05, 4.69) is 30.4 Å². The standard InChI is InChI=1S/C15H20N2O2/c1-12-3-2-4-13(7-12)8-17-11-15(5-6-16-10-15)19-9-14(17)18/h2-4,7,16H,5-6,8-11H2,1H3. The number of aryl methyl sites for hydroxylation is 1. The topological polar surface area (TPSA) is 41.6 Å². The van der Waals surface area contributed by atoms with Crippen LogP contribution in [0.25, 0.3) is 0 Å². The van der Waals surface area contributed by atoms with Crippen LogP contribution in [0.2, 0.25) is 0 Å². The summed E-state index contributed by atoms with van der Waals surface area (Å²) in [6.45, 7) is 5.51. The summed E-state index contributed by atoms with van der Waals surface area (Å²) < 4.78 is 5.78. The molecule has 2 fully saturated rings. The van der Waals surface area contributed by atoms with Crippen LogP contribution < -0.4 is 5.32 Å². The van der Waals surface area contributed by atoms with E-state index in [9.17, 15) is 4.79 Å². The van der Waals surface area contributed by atoms with E-state index in [0.29, 0.717) is 13.1 Å². The highest BCUT2D eigenvalue weighted by molar-refractivity contribution is 5.78. The van der Waals surface area contributed by atoms with Crippen molar-refractivity contribution in [2.45, 2.75) is 25.5 Å². The zero-order chi connectivity index (χ0) is 13.3. The molecule has 0 radical (unpaired) electrons. The fraction of sp³-hybridized carbons (Fsp3) is 0.533. The molecule has 1 atom stereocenters. The molecule has 102 valence electrons. The molecule has 1 aromatic carbocycles. The number of nitrogens with zero attached hydrogens (tertiary/aromatic N) is 1.